The van der Waals surface area contributed by atoms with Crippen LogP contribution in [-0.2, 0) is 10.2 Å². The summed E-state index contributed by atoms with van der Waals surface area (Å²) < 4.78 is 13.0. The summed E-state index contributed by atoms with van der Waals surface area (Å²) in [5.41, 5.74) is 4.67. The molecular weight excluding hydrogens is 506 g/mol. The lowest BCUT2D eigenvalue weighted by atomic mass is 9.86. The SMILES string of the molecule is Cc1cc2oc(-c3ccc(C(C)(C)C)cc3)c(OCC(=O)Nc3ccc(Br)cc3)c(=O)c2cc1C. The van der Waals surface area contributed by atoms with Crippen molar-refractivity contribution in [2.45, 2.75) is 40.0 Å². The molecule has 5 nitrogen and oxygen atoms in total. The number of fused-ring (bicyclic) bond motifs is 1. The Hall–Kier alpha value is -3.38. The van der Waals surface area contributed by atoms with Crippen molar-refractivity contribution in [1.29, 1.82) is 0 Å². The van der Waals surface area contributed by atoms with Gasteiger partial charge in [0.05, 0.1) is 5.39 Å². The molecule has 0 fully saturated rings. The molecule has 1 N–H and O–H groups in total. The molecule has 35 heavy (non-hydrogen) atoms. The molecule has 3 aromatic carbocycles. The second-order valence-electron chi connectivity index (χ2n) is 9.69. The minimum Gasteiger partial charge on any atom is -0.476 e. The van der Waals surface area contributed by atoms with E-state index in [1.54, 1.807) is 18.2 Å². The molecule has 0 saturated carbocycles. The number of hydrogen-bond acceptors (Lipinski definition) is 4. The van der Waals surface area contributed by atoms with Crippen LogP contribution in [0.2, 0.25) is 0 Å². The van der Waals surface area contributed by atoms with Gasteiger partial charge in [-0.25, -0.2) is 0 Å². The Morgan fingerprint density at radius 3 is 2.23 bits per heavy atom. The Bertz CT molecular complexity index is 1450. The predicted octanol–water partition coefficient (Wildman–Crippen LogP) is 7.15. The molecule has 6 heteroatoms. The van der Waals surface area contributed by atoms with Crippen LogP contribution in [0.1, 0.15) is 37.5 Å². The second-order valence-corrected chi connectivity index (χ2v) is 10.6. The first-order valence-electron chi connectivity index (χ1n) is 11.4. The Balaban J connectivity index is 1.73. The van der Waals surface area contributed by atoms with Crippen LogP contribution in [0.15, 0.2) is 74.3 Å². The van der Waals surface area contributed by atoms with Gasteiger partial charge in [-0.15, -0.1) is 0 Å². The fourth-order valence-corrected chi connectivity index (χ4v) is 4.01. The largest absolute Gasteiger partial charge is 0.476 e. The molecule has 0 aliphatic rings. The number of hydrogen-bond donors (Lipinski definition) is 1. The van der Waals surface area contributed by atoms with Crippen molar-refractivity contribution in [2.24, 2.45) is 0 Å². The molecule has 4 rings (SSSR count). The molecule has 0 spiro atoms. The Labute approximate surface area is 213 Å². The summed E-state index contributed by atoms with van der Waals surface area (Å²) in [5, 5.41) is 3.20. The monoisotopic (exact) mass is 533 g/mol. The highest BCUT2D eigenvalue weighted by molar-refractivity contribution is 9.10. The maximum absolute atomic E-state index is 13.5. The standard InChI is InChI=1S/C29H28BrNO4/c1-17-14-23-24(15-18(17)2)35-27(19-6-8-20(9-7-19)29(3,4)5)28(26(23)33)34-16-25(32)31-22-12-10-21(30)11-13-22/h6-15H,16H2,1-5H3,(H,31,32). The number of halogens is 1. The van der Waals surface area contributed by atoms with E-state index in [0.717, 1.165) is 21.2 Å². The molecule has 1 aromatic heterocycles. The number of carbonyl (C=O) groups excluding carboxylic acids is 1. The highest BCUT2D eigenvalue weighted by atomic mass is 79.9. The van der Waals surface area contributed by atoms with Gasteiger partial charge in [-0.3, -0.25) is 9.59 Å². The maximum Gasteiger partial charge on any atom is 0.262 e. The van der Waals surface area contributed by atoms with E-state index in [9.17, 15) is 9.59 Å². The summed E-state index contributed by atoms with van der Waals surface area (Å²) in [4.78, 5) is 26.1. The lowest BCUT2D eigenvalue weighted by molar-refractivity contribution is -0.118. The summed E-state index contributed by atoms with van der Waals surface area (Å²) >= 11 is 3.37. The van der Waals surface area contributed by atoms with Gasteiger partial charge in [0, 0.05) is 15.7 Å². The van der Waals surface area contributed by atoms with Crippen LogP contribution in [0.4, 0.5) is 5.69 Å². The molecule has 0 aliphatic carbocycles. The third-order valence-corrected chi connectivity index (χ3v) is 6.48. The number of anilines is 1. The van der Waals surface area contributed by atoms with Gasteiger partial charge in [0.25, 0.3) is 5.91 Å². The van der Waals surface area contributed by atoms with Crippen molar-refractivity contribution in [3.63, 3.8) is 0 Å². The van der Waals surface area contributed by atoms with E-state index in [1.165, 1.54) is 0 Å². The Morgan fingerprint density at radius 1 is 0.971 bits per heavy atom. The minimum absolute atomic E-state index is 0.0121. The predicted molar refractivity (Wildman–Crippen MR) is 144 cm³/mol. The van der Waals surface area contributed by atoms with Crippen LogP contribution in [0.25, 0.3) is 22.3 Å². The summed E-state index contributed by atoms with van der Waals surface area (Å²) in [6.45, 7) is 10.0. The van der Waals surface area contributed by atoms with Crippen LogP contribution < -0.4 is 15.5 Å². The van der Waals surface area contributed by atoms with Crippen LogP contribution in [0.5, 0.6) is 5.75 Å². The number of carbonyl (C=O) groups is 1. The maximum atomic E-state index is 13.5. The Kier molecular flexibility index (Phi) is 6.86. The van der Waals surface area contributed by atoms with Crippen LogP contribution >= 0.6 is 15.9 Å². The van der Waals surface area contributed by atoms with E-state index in [1.807, 2.05) is 56.3 Å². The zero-order valence-corrected chi connectivity index (χ0v) is 22.1. The molecule has 0 aliphatic heterocycles. The number of rotatable bonds is 5. The smallest absolute Gasteiger partial charge is 0.262 e. The molecule has 1 amide bonds. The number of nitrogens with one attached hydrogen (secondary N) is 1. The van der Waals surface area contributed by atoms with E-state index >= 15 is 0 Å². The van der Waals surface area contributed by atoms with Crippen molar-refractivity contribution in [2.75, 3.05) is 11.9 Å². The number of aryl methyl sites for hydroxylation is 2. The molecule has 180 valence electrons. The summed E-state index contributed by atoms with van der Waals surface area (Å²) in [6, 6.07) is 18.8. The van der Waals surface area contributed by atoms with Gasteiger partial charge in [-0.2, -0.15) is 0 Å². The zero-order chi connectivity index (χ0) is 25.3. The van der Waals surface area contributed by atoms with Crippen LogP contribution in [0, 0.1) is 13.8 Å². The van der Waals surface area contributed by atoms with Gasteiger partial charge < -0.3 is 14.5 Å². The fraction of sp³-hybridized carbons (Fsp3) is 0.241. The Morgan fingerprint density at radius 2 is 1.60 bits per heavy atom. The van der Waals surface area contributed by atoms with Gasteiger partial charge in [0.2, 0.25) is 11.2 Å². The first-order valence-corrected chi connectivity index (χ1v) is 12.2. The van der Waals surface area contributed by atoms with Crippen LogP contribution in [-0.4, -0.2) is 12.5 Å². The first kappa shape index (κ1) is 24.7. The lowest BCUT2D eigenvalue weighted by Gasteiger charge is -2.19. The normalized spacial score (nSPS) is 11.5. The average molecular weight is 534 g/mol. The molecule has 0 atom stereocenters. The third kappa shape index (κ3) is 5.49. The van der Waals surface area contributed by atoms with E-state index in [2.05, 4.69) is 42.0 Å². The van der Waals surface area contributed by atoms with E-state index in [0.29, 0.717) is 28.0 Å². The zero-order valence-electron chi connectivity index (χ0n) is 20.5. The molecule has 1 heterocycles. The summed E-state index contributed by atoms with van der Waals surface area (Å²) in [7, 11) is 0. The van der Waals surface area contributed by atoms with Gasteiger partial charge in [-0.1, -0.05) is 61.0 Å². The number of amides is 1. The highest BCUT2D eigenvalue weighted by Gasteiger charge is 2.21. The van der Waals surface area contributed by atoms with Gasteiger partial charge >= 0.3 is 0 Å². The second kappa shape index (κ2) is 9.70. The molecule has 0 saturated heterocycles. The summed E-state index contributed by atoms with van der Waals surface area (Å²) in [6.07, 6.45) is 0. The molecule has 4 aromatic rings. The van der Waals surface area contributed by atoms with Gasteiger partial charge in [0.1, 0.15) is 5.58 Å². The van der Waals surface area contributed by atoms with Crippen molar-refractivity contribution in [3.8, 4) is 17.1 Å². The van der Waals surface area contributed by atoms with Crippen molar-refractivity contribution >= 4 is 38.5 Å². The van der Waals surface area contributed by atoms with E-state index in [-0.39, 0.29) is 29.1 Å². The number of benzene rings is 3. The van der Waals surface area contributed by atoms with E-state index < -0.39 is 0 Å². The van der Waals surface area contributed by atoms with Gasteiger partial charge in [0.15, 0.2) is 12.4 Å². The highest BCUT2D eigenvalue weighted by Crippen LogP contribution is 2.33. The molecule has 0 unspecified atom stereocenters. The fourth-order valence-electron chi connectivity index (χ4n) is 3.74. The average Bonchev–Trinajstić information content (AvgIpc) is 2.81. The third-order valence-electron chi connectivity index (χ3n) is 5.95. The molecule has 0 radical (unpaired) electrons. The van der Waals surface area contributed by atoms with Crippen molar-refractivity contribution in [1.82, 2.24) is 0 Å². The van der Waals surface area contributed by atoms with Crippen molar-refractivity contribution in [3.05, 3.63) is 92.1 Å². The van der Waals surface area contributed by atoms with Crippen LogP contribution in [0.3, 0.4) is 0 Å². The molecular formula is C29H28BrNO4. The number of ether oxygens (including phenoxy) is 1. The quantitative estimate of drug-likeness (QED) is 0.295. The summed E-state index contributed by atoms with van der Waals surface area (Å²) in [5.74, 6) is -0.0428. The minimum atomic E-state index is -0.374. The lowest BCUT2D eigenvalue weighted by Crippen LogP contribution is -2.22. The van der Waals surface area contributed by atoms with E-state index in [4.69, 9.17) is 9.15 Å². The van der Waals surface area contributed by atoms with Gasteiger partial charge in [-0.05, 0) is 72.4 Å². The van der Waals surface area contributed by atoms with Crippen molar-refractivity contribution < 1.29 is 13.9 Å². The molecule has 0 bridgehead atoms. The first-order chi connectivity index (χ1) is 16.5. The topological polar surface area (TPSA) is 68.5 Å².